The van der Waals surface area contributed by atoms with Crippen LogP contribution in [0.1, 0.15) is 31.4 Å². The lowest BCUT2D eigenvalue weighted by Gasteiger charge is -2.26. The molecule has 112 valence electrons. The predicted molar refractivity (Wildman–Crippen MR) is 81.7 cm³/mol. The summed E-state index contributed by atoms with van der Waals surface area (Å²) in [7, 11) is 0. The van der Waals surface area contributed by atoms with Gasteiger partial charge in [-0.2, -0.15) is 0 Å². The second kappa shape index (κ2) is 6.87. The number of hydrogen-bond donors (Lipinski definition) is 1. The molecule has 1 saturated carbocycles. The number of aliphatic hydroxyl groups excluding tert-OH is 1. The predicted octanol–water partition coefficient (Wildman–Crippen LogP) is 3.08. The Morgan fingerprint density at radius 3 is 2.67 bits per heavy atom. The third-order valence-corrected chi connectivity index (χ3v) is 4.21. The average molecular weight is 286 g/mol. The van der Waals surface area contributed by atoms with Gasteiger partial charge in [-0.05, 0) is 12.8 Å². The van der Waals surface area contributed by atoms with Gasteiger partial charge >= 0.3 is 0 Å². The maximum Gasteiger partial charge on any atom is 0.167 e. The molecule has 1 heterocycles. The molecule has 0 radical (unpaired) electrons. The van der Waals surface area contributed by atoms with Gasteiger partial charge in [0.1, 0.15) is 0 Å². The molecule has 0 amide bonds. The van der Waals surface area contributed by atoms with Crippen LogP contribution in [0.4, 0.5) is 0 Å². The van der Waals surface area contributed by atoms with Crippen LogP contribution in [0.15, 0.2) is 40.9 Å². The third-order valence-electron chi connectivity index (χ3n) is 4.21. The largest absolute Gasteiger partial charge is 0.395 e. The molecule has 1 fully saturated rings. The van der Waals surface area contributed by atoms with Crippen LogP contribution >= 0.6 is 0 Å². The molecule has 1 aliphatic carbocycles. The Bertz CT molecular complexity index is 547. The molecule has 1 aromatic heterocycles. The molecule has 3 rings (SSSR count). The number of benzene rings is 1. The van der Waals surface area contributed by atoms with Crippen molar-refractivity contribution in [1.82, 2.24) is 10.1 Å². The van der Waals surface area contributed by atoms with Crippen LogP contribution in [-0.4, -0.2) is 34.4 Å². The van der Waals surface area contributed by atoms with Crippen molar-refractivity contribution in [3.63, 3.8) is 0 Å². The van der Waals surface area contributed by atoms with Gasteiger partial charge in [0, 0.05) is 30.8 Å². The quantitative estimate of drug-likeness (QED) is 0.886. The molecule has 1 aliphatic rings. The van der Waals surface area contributed by atoms with Gasteiger partial charge in [0.05, 0.1) is 12.3 Å². The zero-order valence-corrected chi connectivity index (χ0v) is 12.2. The van der Waals surface area contributed by atoms with Crippen molar-refractivity contribution in [2.75, 3.05) is 13.2 Å². The Morgan fingerprint density at radius 1 is 1.19 bits per heavy atom. The van der Waals surface area contributed by atoms with Crippen LogP contribution in [0.3, 0.4) is 0 Å². The van der Waals surface area contributed by atoms with E-state index in [9.17, 15) is 5.11 Å². The SMILES string of the molecule is OCCN(Cc1cc(-c2ccccc2)on1)C1CCCC1. The molecular formula is C17H22N2O2. The summed E-state index contributed by atoms with van der Waals surface area (Å²) in [5, 5.41) is 13.5. The van der Waals surface area contributed by atoms with Gasteiger partial charge in [0.25, 0.3) is 0 Å². The molecule has 0 atom stereocenters. The lowest BCUT2D eigenvalue weighted by Crippen LogP contribution is -2.35. The Morgan fingerprint density at radius 2 is 1.95 bits per heavy atom. The monoisotopic (exact) mass is 286 g/mol. The van der Waals surface area contributed by atoms with Crippen LogP contribution in [0.2, 0.25) is 0 Å². The van der Waals surface area contributed by atoms with Gasteiger partial charge in [-0.3, -0.25) is 4.90 Å². The molecule has 0 unspecified atom stereocenters. The van der Waals surface area contributed by atoms with Crippen LogP contribution in [0, 0.1) is 0 Å². The van der Waals surface area contributed by atoms with Crippen molar-refractivity contribution in [2.45, 2.75) is 38.3 Å². The first-order valence-electron chi connectivity index (χ1n) is 7.73. The van der Waals surface area contributed by atoms with E-state index in [4.69, 9.17) is 4.52 Å². The molecule has 0 aliphatic heterocycles. The van der Waals surface area contributed by atoms with Gasteiger partial charge in [-0.1, -0.05) is 48.3 Å². The fourth-order valence-electron chi connectivity index (χ4n) is 3.12. The minimum Gasteiger partial charge on any atom is -0.395 e. The van der Waals surface area contributed by atoms with Crippen molar-refractivity contribution < 1.29 is 9.63 Å². The Balaban J connectivity index is 1.70. The van der Waals surface area contributed by atoms with Gasteiger partial charge in [-0.25, -0.2) is 0 Å². The van der Waals surface area contributed by atoms with Crippen molar-refractivity contribution in [2.24, 2.45) is 0 Å². The average Bonchev–Trinajstić information content (AvgIpc) is 3.19. The number of aromatic nitrogens is 1. The van der Waals surface area contributed by atoms with Crippen LogP contribution in [-0.2, 0) is 6.54 Å². The molecule has 21 heavy (non-hydrogen) atoms. The van der Waals surface area contributed by atoms with Gasteiger partial charge in [-0.15, -0.1) is 0 Å². The highest BCUT2D eigenvalue weighted by Crippen LogP contribution is 2.26. The zero-order chi connectivity index (χ0) is 14.5. The van der Waals surface area contributed by atoms with E-state index in [1.165, 1.54) is 25.7 Å². The Kier molecular flexibility index (Phi) is 4.68. The Labute approximate surface area is 125 Å². The van der Waals surface area contributed by atoms with Gasteiger partial charge in [0.2, 0.25) is 0 Å². The second-order valence-electron chi connectivity index (χ2n) is 5.68. The Hall–Kier alpha value is -1.65. The lowest BCUT2D eigenvalue weighted by atomic mass is 10.1. The van der Waals surface area contributed by atoms with Crippen molar-refractivity contribution in [3.05, 3.63) is 42.1 Å². The number of aliphatic hydroxyl groups is 1. The molecule has 0 bridgehead atoms. The summed E-state index contributed by atoms with van der Waals surface area (Å²) in [6.45, 7) is 1.65. The van der Waals surface area contributed by atoms with Crippen molar-refractivity contribution in [3.8, 4) is 11.3 Å². The number of hydrogen-bond acceptors (Lipinski definition) is 4. The van der Waals surface area contributed by atoms with Crippen LogP contribution < -0.4 is 0 Å². The van der Waals surface area contributed by atoms with E-state index in [1.54, 1.807) is 0 Å². The number of rotatable bonds is 6. The summed E-state index contributed by atoms with van der Waals surface area (Å²) < 4.78 is 5.45. The maximum absolute atomic E-state index is 9.27. The first kappa shape index (κ1) is 14.3. The smallest absolute Gasteiger partial charge is 0.167 e. The van der Waals surface area contributed by atoms with Crippen LogP contribution in [0.25, 0.3) is 11.3 Å². The molecule has 0 saturated heterocycles. The standard InChI is InChI=1S/C17H22N2O2/c20-11-10-19(16-8-4-5-9-16)13-15-12-17(21-18-15)14-6-2-1-3-7-14/h1-3,6-7,12,16,20H,4-5,8-11,13H2. The highest BCUT2D eigenvalue weighted by molar-refractivity contribution is 5.56. The fraction of sp³-hybridized carbons (Fsp3) is 0.471. The van der Waals surface area contributed by atoms with Crippen molar-refractivity contribution in [1.29, 1.82) is 0 Å². The highest BCUT2D eigenvalue weighted by Gasteiger charge is 2.23. The second-order valence-corrected chi connectivity index (χ2v) is 5.68. The molecule has 2 aromatic rings. The summed E-state index contributed by atoms with van der Waals surface area (Å²) in [5.41, 5.74) is 1.99. The van der Waals surface area contributed by atoms with E-state index < -0.39 is 0 Å². The van der Waals surface area contributed by atoms with Crippen LogP contribution in [0.5, 0.6) is 0 Å². The molecule has 4 nitrogen and oxygen atoms in total. The normalized spacial score (nSPS) is 15.9. The zero-order valence-electron chi connectivity index (χ0n) is 12.2. The highest BCUT2D eigenvalue weighted by atomic mass is 16.5. The third kappa shape index (κ3) is 3.52. The molecular weight excluding hydrogens is 264 g/mol. The van der Waals surface area contributed by atoms with E-state index in [1.807, 2.05) is 36.4 Å². The molecule has 1 N–H and O–H groups in total. The first-order valence-corrected chi connectivity index (χ1v) is 7.73. The van der Waals surface area contributed by atoms with E-state index >= 15 is 0 Å². The minimum absolute atomic E-state index is 0.194. The lowest BCUT2D eigenvalue weighted by molar-refractivity contribution is 0.142. The topological polar surface area (TPSA) is 49.5 Å². The summed E-state index contributed by atoms with van der Waals surface area (Å²) >= 11 is 0. The molecule has 0 spiro atoms. The maximum atomic E-state index is 9.27. The van der Waals surface area contributed by atoms with E-state index in [-0.39, 0.29) is 6.61 Å². The van der Waals surface area contributed by atoms with E-state index in [0.29, 0.717) is 12.6 Å². The van der Waals surface area contributed by atoms with Gasteiger partial charge in [0.15, 0.2) is 5.76 Å². The summed E-state index contributed by atoms with van der Waals surface area (Å²) in [6.07, 6.45) is 5.04. The first-order chi connectivity index (χ1) is 10.4. The summed E-state index contributed by atoms with van der Waals surface area (Å²) in [5.74, 6) is 0.806. The van der Waals surface area contributed by atoms with Crippen molar-refractivity contribution >= 4 is 0 Å². The minimum atomic E-state index is 0.194. The molecule has 1 aromatic carbocycles. The fourth-order valence-corrected chi connectivity index (χ4v) is 3.12. The summed E-state index contributed by atoms with van der Waals surface area (Å²) in [6, 6.07) is 12.6. The van der Waals surface area contributed by atoms with Gasteiger partial charge < -0.3 is 9.63 Å². The number of nitrogens with zero attached hydrogens (tertiary/aromatic N) is 2. The van der Waals surface area contributed by atoms with E-state index in [2.05, 4.69) is 10.1 Å². The van der Waals surface area contributed by atoms with E-state index in [0.717, 1.165) is 23.6 Å². The summed E-state index contributed by atoms with van der Waals surface area (Å²) in [4.78, 5) is 2.33. The molecule has 4 heteroatoms.